The molecule has 0 spiro atoms. The van der Waals surface area contributed by atoms with Gasteiger partial charge in [0.05, 0.1) is 5.02 Å². The largest absolute Gasteiger partial charge is 0.489 e. The number of hydrogen-bond acceptors (Lipinski definition) is 4. The van der Waals surface area contributed by atoms with E-state index < -0.39 is 5.91 Å². The first-order valence-corrected chi connectivity index (χ1v) is 13.0. The molecule has 5 nitrogen and oxygen atoms in total. The Hall–Kier alpha value is -4.24. The topological polar surface area (TPSA) is 71.3 Å². The summed E-state index contributed by atoms with van der Waals surface area (Å²) in [6.45, 7) is 4.90. The Bertz CT molecular complexity index is 1540. The van der Waals surface area contributed by atoms with Crippen LogP contribution in [0.2, 0.25) is 10.0 Å². The highest BCUT2D eigenvalue weighted by molar-refractivity contribution is 6.32. The number of halogens is 2. The van der Waals surface area contributed by atoms with Gasteiger partial charge in [0.1, 0.15) is 36.4 Å². The van der Waals surface area contributed by atoms with Crippen LogP contribution in [0.3, 0.4) is 0 Å². The third-order valence-corrected chi connectivity index (χ3v) is 6.58. The minimum Gasteiger partial charge on any atom is -0.489 e. The van der Waals surface area contributed by atoms with Gasteiger partial charge in [0.25, 0.3) is 5.91 Å². The van der Waals surface area contributed by atoms with Gasteiger partial charge < -0.3 is 14.8 Å². The molecule has 4 rings (SSSR count). The minimum atomic E-state index is -0.529. The molecule has 0 atom stereocenters. The third kappa shape index (κ3) is 7.87. The lowest BCUT2D eigenvalue weighted by Gasteiger charge is -2.10. The molecule has 0 radical (unpaired) electrons. The van der Waals surface area contributed by atoms with E-state index in [1.54, 1.807) is 42.5 Å². The van der Waals surface area contributed by atoms with E-state index in [2.05, 4.69) is 31.3 Å². The molecule has 0 saturated carbocycles. The highest BCUT2D eigenvalue weighted by atomic mass is 35.5. The van der Waals surface area contributed by atoms with Crippen molar-refractivity contribution in [2.75, 3.05) is 5.32 Å². The second kappa shape index (κ2) is 13.0. The third-order valence-electron chi connectivity index (χ3n) is 6.03. The van der Waals surface area contributed by atoms with E-state index in [1.807, 2.05) is 36.4 Å². The van der Waals surface area contributed by atoms with Crippen LogP contribution < -0.4 is 14.8 Å². The van der Waals surface area contributed by atoms with Crippen molar-refractivity contribution in [3.63, 3.8) is 0 Å². The van der Waals surface area contributed by atoms with Crippen LogP contribution in [0.15, 0.2) is 90.5 Å². The first kappa shape index (κ1) is 27.8. The molecule has 0 aliphatic heterocycles. The molecule has 196 valence electrons. The van der Waals surface area contributed by atoms with Gasteiger partial charge in [-0.25, -0.2) is 0 Å². The van der Waals surface area contributed by atoms with Crippen LogP contribution in [-0.2, 0) is 18.0 Å². The summed E-state index contributed by atoms with van der Waals surface area (Å²) in [6, 6.07) is 27.6. The standard InChI is InChI=1S/C32H26Cl2N2O3/c1-21-3-4-25(15-22(21)2)20-39-31-14-7-24(17-30(31)34)16-26(18-35)32(37)36-28-10-12-29(13-11-28)38-19-23-5-8-27(33)9-6-23/h3-17H,19-20H2,1-2H3,(H,36,37)/b26-16+. The van der Waals surface area contributed by atoms with Crippen molar-refractivity contribution in [2.24, 2.45) is 0 Å². The van der Waals surface area contributed by atoms with E-state index in [1.165, 1.54) is 17.2 Å². The summed E-state index contributed by atoms with van der Waals surface area (Å²) in [5, 5.41) is 13.4. The minimum absolute atomic E-state index is 0.0575. The number of ether oxygens (including phenoxy) is 2. The molecule has 0 unspecified atom stereocenters. The Balaban J connectivity index is 1.35. The fourth-order valence-electron chi connectivity index (χ4n) is 3.67. The highest BCUT2D eigenvalue weighted by Gasteiger charge is 2.11. The summed E-state index contributed by atoms with van der Waals surface area (Å²) in [4.78, 5) is 12.7. The zero-order valence-electron chi connectivity index (χ0n) is 21.5. The van der Waals surface area contributed by atoms with E-state index in [4.69, 9.17) is 32.7 Å². The monoisotopic (exact) mass is 556 g/mol. The van der Waals surface area contributed by atoms with Crippen molar-refractivity contribution in [1.82, 2.24) is 0 Å². The van der Waals surface area contributed by atoms with Gasteiger partial charge in [0.15, 0.2) is 0 Å². The molecule has 1 amide bonds. The summed E-state index contributed by atoms with van der Waals surface area (Å²) < 4.78 is 11.6. The van der Waals surface area contributed by atoms with Crippen LogP contribution >= 0.6 is 23.2 Å². The van der Waals surface area contributed by atoms with Gasteiger partial charge in [0.2, 0.25) is 0 Å². The second-order valence-electron chi connectivity index (χ2n) is 8.96. The molecule has 4 aromatic rings. The predicted octanol–water partition coefficient (Wildman–Crippen LogP) is 8.31. The van der Waals surface area contributed by atoms with Crippen molar-refractivity contribution >= 4 is 40.9 Å². The molecular weight excluding hydrogens is 531 g/mol. The Morgan fingerprint density at radius 2 is 1.54 bits per heavy atom. The summed E-state index contributed by atoms with van der Waals surface area (Å²) >= 11 is 12.3. The quantitative estimate of drug-likeness (QED) is 0.166. The molecule has 0 aliphatic rings. The van der Waals surface area contributed by atoms with Crippen molar-refractivity contribution in [2.45, 2.75) is 27.1 Å². The zero-order valence-corrected chi connectivity index (χ0v) is 23.0. The van der Waals surface area contributed by atoms with Crippen molar-refractivity contribution in [3.05, 3.63) is 128 Å². The van der Waals surface area contributed by atoms with Crippen LogP contribution in [-0.4, -0.2) is 5.91 Å². The van der Waals surface area contributed by atoms with Gasteiger partial charge in [0, 0.05) is 10.7 Å². The van der Waals surface area contributed by atoms with E-state index in [9.17, 15) is 10.1 Å². The van der Waals surface area contributed by atoms with E-state index in [0.29, 0.717) is 46.0 Å². The maximum Gasteiger partial charge on any atom is 0.266 e. The number of benzene rings is 4. The smallest absolute Gasteiger partial charge is 0.266 e. The Morgan fingerprint density at radius 1 is 0.846 bits per heavy atom. The highest BCUT2D eigenvalue weighted by Crippen LogP contribution is 2.28. The summed E-state index contributed by atoms with van der Waals surface area (Å²) in [5.41, 5.74) is 5.54. The molecule has 4 aromatic carbocycles. The van der Waals surface area contributed by atoms with Gasteiger partial charge >= 0.3 is 0 Å². The van der Waals surface area contributed by atoms with Crippen LogP contribution in [0.1, 0.15) is 27.8 Å². The molecule has 1 N–H and O–H groups in total. The second-order valence-corrected chi connectivity index (χ2v) is 9.80. The van der Waals surface area contributed by atoms with Gasteiger partial charge in [-0.15, -0.1) is 0 Å². The Labute approximate surface area is 238 Å². The molecule has 0 aromatic heterocycles. The lowest BCUT2D eigenvalue weighted by atomic mass is 10.1. The maximum absolute atomic E-state index is 12.7. The number of amides is 1. The Kier molecular flexibility index (Phi) is 9.27. The summed E-state index contributed by atoms with van der Waals surface area (Å²) in [7, 11) is 0. The molecule has 0 saturated heterocycles. The number of anilines is 1. The molecular formula is C32H26Cl2N2O3. The predicted molar refractivity (Wildman–Crippen MR) is 156 cm³/mol. The first-order chi connectivity index (χ1) is 18.8. The van der Waals surface area contributed by atoms with E-state index >= 15 is 0 Å². The molecule has 0 aliphatic carbocycles. The molecule has 0 bridgehead atoms. The lowest BCUT2D eigenvalue weighted by molar-refractivity contribution is -0.112. The Morgan fingerprint density at radius 3 is 2.21 bits per heavy atom. The fourth-order valence-corrected chi connectivity index (χ4v) is 4.04. The number of rotatable bonds is 9. The number of nitriles is 1. The zero-order chi connectivity index (χ0) is 27.8. The van der Waals surface area contributed by atoms with Crippen molar-refractivity contribution in [3.8, 4) is 17.6 Å². The summed E-state index contributed by atoms with van der Waals surface area (Å²) in [5.74, 6) is 0.639. The van der Waals surface area contributed by atoms with E-state index in [-0.39, 0.29) is 5.57 Å². The fraction of sp³-hybridized carbons (Fsp3) is 0.125. The molecule has 7 heteroatoms. The number of nitrogens with one attached hydrogen (secondary N) is 1. The molecule has 0 heterocycles. The van der Waals surface area contributed by atoms with E-state index in [0.717, 1.165) is 11.1 Å². The van der Waals surface area contributed by atoms with Gasteiger partial charge in [-0.3, -0.25) is 4.79 Å². The average molecular weight is 557 g/mol. The SMILES string of the molecule is Cc1ccc(COc2ccc(/C=C(\C#N)C(=O)Nc3ccc(OCc4ccc(Cl)cc4)cc3)cc2Cl)cc1C. The van der Waals surface area contributed by atoms with Gasteiger partial charge in [-0.2, -0.15) is 5.26 Å². The van der Waals surface area contributed by atoms with Crippen molar-refractivity contribution in [1.29, 1.82) is 5.26 Å². The van der Waals surface area contributed by atoms with Crippen LogP contribution in [0.5, 0.6) is 11.5 Å². The number of nitrogens with zero attached hydrogens (tertiary/aromatic N) is 1. The van der Waals surface area contributed by atoms with Crippen LogP contribution in [0.25, 0.3) is 6.08 Å². The maximum atomic E-state index is 12.7. The van der Waals surface area contributed by atoms with Gasteiger partial charge in [-0.05, 0) is 96.3 Å². The summed E-state index contributed by atoms with van der Waals surface area (Å²) in [6.07, 6.45) is 1.48. The normalized spacial score (nSPS) is 11.0. The van der Waals surface area contributed by atoms with Gasteiger partial charge in [-0.1, -0.05) is 59.6 Å². The number of carbonyl (C=O) groups is 1. The molecule has 39 heavy (non-hydrogen) atoms. The average Bonchev–Trinajstić information content (AvgIpc) is 2.93. The number of hydrogen-bond donors (Lipinski definition) is 1. The number of aryl methyl sites for hydroxylation is 2. The van der Waals surface area contributed by atoms with Crippen LogP contribution in [0.4, 0.5) is 5.69 Å². The number of carbonyl (C=O) groups excluding carboxylic acids is 1. The lowest BCUT2D eigenvalue weighted by Crippen LogP contribution is -2.13. The van der Waals surface area contributed by atoms with Crippen molar-refractivity contribution < 1.29 is 14.3 Å². The van der Waals surface area contributed by atoms with Crippen LogP contribution in [0, 0.1) is 25.2 Å². The first-order valence-electron chi connectivity index (χ1n) is 12.2. The molecule has 0 fully saturated rings.